The lowest BCUT2D eigenvalue weighted by Crippen LogP contribution is -2.29. The molecule has 0 bridgehead atoms. The molecule has 0 aliphatic heterocycles. The van der Waals surface area contributed by atoms with Crippen LogP contribution in [0.15, 0.2) is 77.7 Å². The number of rotatable bonds is 6. The van der Waals surface area contributed by atoms with Crippen molar-refractivity contribution in [3.63, 3.8) is 0 Å². The van der Waals surface area contributed by atoms with Crippen molar-refractivity contribution in [1.82, 2.24) is 19.9 Å². The molecular weight excluding hydrogens is 471 g/mol. The number of aromatic nitrogens is 3. The Balaban J connectivity index is 1.50. The van der Waals surface area contributed by atoms with Crippen LogP contribution in [-0.4, -0.2) is 32.2 Å². The minimum absolute atomic E-state index is 0.0434. The van der Waals surface area contributed by atoms with Crippen molar-refractivity contribution in [2.75, 3.05) is 6.61 Å². The number of aliphatic hydroxyl groups is 1. The maximum absolute atomic E-state index is 13.3. The van der Waals surface area contributed by atoms with E-state index < -0.39 is 23.3 Å². The van der Waals surface area contributed by atoms with Gasteiger partial charge in [0, 0.05) is 12.2 Å². The Hall–Kier alpha value is -4.01. The van der Waals surface area contributed by atoms with Crippen LogP contribution in [0.2, 0.25) is 5.02 Å². The quantitative estimate of drug-likeness (QED) is 0.326. The summed E-state index contributed by atoms with van der Waals surface area (Å²) in [5.41, 5.74) is 1.34. The summed E-state index contributed by atoms with van der Waals surface area (Å²) >= 11 is 6.40. The predicted molar refractivity (Wildman–Crippen MR) is 132 cm³/mol. The minimum Gasteiger partial charge on any atom is -0.396 e. The number of nitrogens with one attached hydrogen (secondary N) is 2. The van der Waals surface area contributed by atoms with E-state index in [0.29, 0.717) is 11.3 Å². The van der Waals surface area contributed by atoms with E-state index in [0.717, 1.165) is 16.3 Å². The molecule has 0 aliphatic carbocycles. The number of halogens is 2. The number of hydrogen-bond acceptors (Lipinski definition) is 4. The number of amides is 1. The number of H-pyrrole nitrogens is 1. The first kappa shape index (κ1) is 22.8. The lowest BCUT2D eigenvalue weighted by atomic mass is 10.0. The number of carbonyl (C=O) groups is 1. The van der Waals surface area contributed by atoms with Crippen LogP contribution in [0.4, 0.5) is 4.39 Å². The topological polar surface area (TPSA) is 99.5 Å². The molecule has 3 N–H and O–H groups in total. The standard InChI is InChI=1S/C26H20ClFN4O3/c27-22-23(25(34)29-20(11-12-33)16-7-9-19(28)10-8-16)31-32-14-21(30-26(35)24(22)32)18-6-5-15-3-1-2-4-17(15)13-18/h1-10,13-14,20,33H,11-12H2,(H,29,34)(H,30,35)/t20-/m1/s1. The zero-order valence-corrected chi connectivity index (χ0v) is 19.1. The average molecular weight is 491 g/mol. The highest BCUT2D eigenvalue weighted by Gasteiger charge is 2.23. The molecule has 1 atom stereocenters. The number of aliphatic hydroxyl groups excluding tert-OH is 1. The summed E-state index contributed by atoms with van der Waals surface area (Å²) < 4.78 is 14.6. The highest BCUT2D eigenvalue weighted by molar-refractivity contribution is 6.36. The molecule has 0 saturated heterocycles. The molecule has 35 heavy (non-hydrogen) atoms. The summed E-state index contributed by atoms with van der Waals surface area (Å²) in [7, 11) is 0. The first-order valence-corrected chi connectivity index (χ1v) is 11.3. The number of hydrogen-bond donors (Lipinski definition) is 3. The van der Waals surface area contributed by atoms with Crippen LogP contribution in [0, 0.1) is 5.82 Å². The summed E-state index contributed by atoms with van der Waals surface area (Å²) in [6.07, 6.45) is 1.81. The molecule has 0 spiro atoms. The fourth-order valence-corrected chi connectivity index (χ4v) is 4.37. The van der Waals surface area contributed by atoms with Crippen molar-refractivity contribution in [2.45, 2.75) is 12.5 Å². The molecule has 0 saturated carbocycles. The summed E-state index contributed by atoms with van der Waals surface area (Å²) in [5.74, 6) is -1.03. The van der Waals surface area contributed by atoms with Gasteiger partial charge in [0.15, 0.2) is 11.2 Å². The predicted octanol–water partition coefficient (Wildman–Crippen LogP) is 4.49. The van der Waals surface area contributed by atoms with Gasteiger partial charge in [0.1, 0.15) is 10.8 Å². The fourth-order valence-electron chi connectivity index (χ4n) is 4.07. The molecule has 0 fully saturated rings. The smallest absolute Gasteiger partial charge is 0.276 e. The average Bonchev–Trinajstić information content (AvgIpc) is 3.20. The first-order valence-electron chi connectivity index (χ1n) is 10.9. The molecule has 0 unspecified atom stereocenters. The fraction of sp³-hybridized carbons (Fsp3) is 0.115. The Morgan fingerprint density at radius 2 is 1.86 bits per heavy atom. The van der Waals surface area contributed by atoms with Gasteiger partial charge in [0.25, 0.3) is 11.5 Å². The summed E-state index contributed by atoms with van der Waals surface area (Å²) in [5, 5.41) is 18.5. The summed E-state index contributed by atoms with van der Waals surface area (Å²) in [6.45, 7) is -0.198. The van der Waals surface area contributed by atoms with Crippen LogP contribution in [0.5, 0.6) is 0 Å². The maximum Gasteiger partial charge on any atom is 0.276 e. The second kappa shape index (κ2) is 9.32. The molecule has 5 rings (SSSR count). The summed E-state index contributed by atoms with van der Waals surface area (Å²) in [4.78, 5) is 28.7. The van der Waals surface area contributed by atoms with Gasteiger partial charge in [-0.3, -0.25) is 9.59 Å². The Morgan fingerprint density at radius 1 is 1.11 bits per heavy atom. The van der Waals surface area contributed by atoms with Crippen molar-refractivity contribution in [3.8, 4) is 11.3 Å². The second-order valence-corrected chi connectivity index (χ2v) is 8.48. The molecule has 3 aromatic carbocycles. The van der Waals surface area contributed by atoms with Crippen LogP contribution >= 0.6 is 11.6 Å². The first-order chi connectivity index (χ1) is 16.9. The monoisotopic (exact) mass is 490 g/mol. The van der Waals surface area contributed by atoms with Gasteiger partial charge in [-0.05, 0) is 41.0 Å². The van der Waals surface area contributed by atoms with E-state index in [-0.39, 0.29) is 29.3 Å². The van der Waals surface area contributed by atoms with E-state index in [2.05, 4.69) is 15.4 Å². The molecule has 0 radical (unpaired) electrons. The molecule has 9 heteroatoms. The molecule has 176 valence electrons. The highest BCUT2D eigenvalue weighted by Crippen LogP contribution is 2.26. The minimum atomic E-state index is -0.617. The normalized spacial score (nSPS) is 12.2. The molecule has 2 aromatic heterocycles. The van der Waals surface area contributed by atoms with E-state index >= 15 is 0 Å². The lowest BCUT2D eigenvalue weighted by Gasteiger charge is -2.17. The van der Waals surface area contributed by atoms with Crippen molar-refractivity contribution in [1.29, 1.82) is 0 Å². The van der Waals surface area contributed by atoms with Crippen LogP contribution in [0.25, 0.3) is 27.5 Å². The molecule has 2 heterocycles. The highest BCUT2D eigenvalue weighted by atomic mass is 35.5. The van der Waals surface area contributed by atoms with E-state index in [1.165, 1.54) is 28.8 Å². The van der Waals surface area contributed by atoms with Crippen molar-refractivity contribution in [2.24, 2.45) is 0 Å². The van der Waals surface area contributed by atoms with Crippen molar-refractivity contribution >= 4 is 33.8 Å². The summed E-state index contributed by atoms with van der Waals surface area (Å²) in [6, 6.07) is 18.7. The maximum atomic E-state index is 13.3. The Morgan fingerprint density at radius 3 is 2.60 bits per heavy atom. The van der Waals surface area contributed by atoms with Crippen LogP contribution in [-0.2, 0) is 0 Å². The van der Waals surface area contributed by atoms with E-state index in [4.69, 9.17) is 11.6 Å². The number of benzene rings is 3. The molecule has 7 nitrogen and oxygen atoms in total. The lowest BCUT2D eigenvalue weighted by molar-refractivity contribution is 0.0924. The van der Waals surface area contributed by atoms with Gasteiger partial charge in [-0.15, -0.1) is 0 Å². The van der Waals surface area contributed by atoms with Crippen molar-refractivity contribution < 1.29 is 14.3 Å². The van der Waals surface area contributed by atoms with Gasteiger partial charge < -0.3 is 15.4 Å². The van der Waals surface area contributed by atoms with Gasteiger partial charge in [0.2, 0.25) is 0 Å². The van der Waals surface area contributed by atoms with E-state index in [1.54, 1.807) is 6.20 Å². The Bertz CT molecular complexity index is 1610. The second-order valence-electron chi connectivity index (χ2n) is 8.10. The van der Waals surface area contributed by atoms with Gasteiger partial charge in [-0.1, -0.05) is 60.1 Å². The van der Waals surface area contributed by atoms with E-state index in [1.807, 2.05) is 42.5 Å². The zero-order chi connectivity index (χ0) is 24.5. The third-order valence-electron chi connectivity index (χ3n) is 5.84. The molecule has 1 amide bonds. The van der Waals surface area contributed by atoms with Gasteiger partial charge in [0.05, 0.1) is 17.9 Å². The van der Waals surface area contributed by atoms with Gasteiger partial charge >= 0.3 is 0 Å². The van der Waals surface area contributed by atoms with E-state index in [9.17, 15) is 19.1 Å². The number of nitrogens with zero attached hydrogens (tertiary/aromatic N) is 2. The zero-order valence-electron chi connectivity index (χ0n) is 18.3. The molecule has 0 aliphatic rings. The van der Waals surface area contributed by atoms with Crippen LogP contribution in [0.3, 0.4) is 0 Å². The van der Waals surface area contributed by atoms with Gasteiger partial charge in [-0.2, -0.15) is 5.10 Å². The van der Waals surface area contributed by atoms with Gasteiger partial charge in [-0.25, -0.2) is 8.91 Å². The Kier molecular flexibility index (Phi) is 6.07. The third-order valence-corrected chi connectivity index (χ3v) is 6.20. The Labute approximate surface area is 203 Å². The largest absolute Gasteiger partial charge is 0.396 e. The molecular formula is C26H20ClFN4O3. The molecule has 5 aromatic rings. The number of fused-ring (bicyclic) bond motifs is 2. The number of aromatic amines is 1. The number of carbonyl (C=O) groups excluding carboxylic acids is 1. The van der Waals surface area contributed by atoms with Crippen molar-refractivity contribution in [3.05, 3.63) is 105 Å². The third kappa shape index (κ3) is 4.41. The van der Waals surface area contributed by atoms with Crippen LogP contribution < -0.4 is 10.9 Å². The SMILES string of the molecule is O=C(N[C@H](CCO)c1ccc(F)cc1)c1nn2cc(-c3ccc4ccccc4c3)[nH]c(=O)c2c1Cl. The van der Waals surface area contributed by atoms with Crippen LogP contribution in [0.1, 0.15) is 28.5 Å².